The third-order valence-electron chi connectivity index (χ3n) is 2.05. The molecule has 0 aliphatic rings. The van der Waals surface area contributed by atoms with Crippen molar-refractivity contribution in [2.75, 3.05) is 7.11 Å². The highest BCUT2D eigenvalue weighted by atomic mass is 19.1. The summed E-state index contributed by atoms with van der Waals surface area (Å²) in [5.74, 6) is -0.400. The molecule has 0 bridgehead atoms. The minimum Gasteiger partial charge on any atom is -0.465 e. The maximum absolute atomic E-state index is 13.2. The second-order valence-corrected chi connectivity index (χ2v) is 2.99. The summed E-state index contributed by atoms with van der Waals surface area (Å²) in [5, 5.41) is 0. The van der Waals surface area contributed by atoms with E-state index in [1.54, 1.807) is 31.2 Å². The van der Waals surface area contributed by atoms with Crippen LogP contribution in [0.25, 0.3) is 0 Å². The molecule has 0 heterocycles. The molecule has 2 nitrogen and oxygen atoms in total. The van der Waals surface area contributed by atoms with Crippen LogP contribution >= 0.6 is 0 Å². The summed E-state index contributed by atoms with van der Waals surface area (Å²) in [5.41, 5.74) is 1.04. The summed E-state index contributed by atoms with van der Waals surface area (Å²) in [4.78, 5) is 11.0. The zero-order valence-electron chi connectivity index (χ0n) is 8.29. The lowest BCUT2D eigenvalue weighted by Gasteiger charge is -2.05. The molecule has 0 amide bonds. The normalized spacial score (nSPS) is 12.2. The smallest absolute Gasteiger partial charge is 0.337 e. The van der Waals surface area contributed by atoms with Gasteiger partial charge < -0.3 is 4.74 Å². The first-order valence-electron chi connectivity index (χ1n) is 4.51. The fourth-order valence-electron chi connectivity index (χ4n) is 1.18. The Morgan fingerprint density at radius 1 is 1.43 bits per heavy atom. The summed E-state index contributed by atoms with van der Waals surface area (Å²) < 4.78 is 17.7. The Balaban J connectivity index is 2.83. The molecule has 3 heteroatoms. The standard InChI is InChI=1S/C11H13FO2/c1-3-10(12)8-4-6-9(7-5-8)11(13)14-2/h4-7,10H,3H2,1-2H3. The van der Waals surface area contributed by atoms with Crippen LogP contribution in [0.3, 0.4) is 0 Å². The molecule has 1 aromatic carbocycles. The molecule has 0 N–H and O–H groups in total. The van der Waals surface area contributed by atoms with E-state index in [2.05, 4.69) is 4.74 Å². The van der Waals surface area contributed by atoms with E-state index in [4.69, 9.17) is 0 Å². The highest BCUT2D eigenvalue weighted by Crippen LogP contribution is 2.20. The van der Waals surface area contributed by atoms with E-state index in [-0.39, 0.29) is 0 Å². The van der Waals surface area contributed by atoms with Crippen LogP contribution in [0.2, 0.25) is 0 Å². The highest BCUT2D eigenvalue weighted by Gasteiger charge is 2.09. The lowest BCUT2D eigenvalue weighted by atomic mass is 10.1. The minimum absolute atomic E-state index is 0.400. The van der Waals surface area contributed by atoms with E-state index in [1.165, 1.54) is 7.11 Å². The van der Waals surface area contributed by atoms with Gasteiger partial charge in [0.2, 0.25) is 0 Å². The Morgan fingerprint density at radius 3 is 2.43 bits per heavy atom. The van der Waals surface area contributed by atoms with E-state index in [0.717, 1.165) is 0 Å². The number of carbonyl (C=O) groups is 1. The molecule has 0 aliphatic heterocycles. The number of methoxy groups -OCH3 is 1. The Hall–Kier alpha value is -1.38. The zero-order chi connectivity index (χ0) is 10.6. The predicted octanol–water partition coefficient (Wildman–Crippen LogP) is 2.89. The molecule has 0 spiro atoms. The summed E-state index contributed by atoms with van der Waals surface area (Å²) in [6.45, 7) is 1.78. The van der Waals surface area contributed by atoms with Crippen LogP contribution in [0, 0.1) is 0 Å². The largest absolute Gasteiger partial charge is 0.465 e. The second kappa shape index (κ2) is 4.74. The van der Waals surface area contributed by atoms with Gasteiger partial charge in [-0.15, -0.1) is 0 Å². The summed E-state index contributed by atoms with van der Waals surface area (Å²) in [6.07, 6.45) is -0.515. The van der Waals surface area contributed by atoms with Crippen molar-refractivity contribution >= 4 is 5.97 Å². The van der Waals surface area contributed by atoms with Gasteiger partial charge in [-0.05, 0) is 24.1 Å². The van der Waals surface area contributed by atoms with Crippen molar-refractivity contribution in [1.29, 1.82) is 0 Å². The molecular weight excluding hydrogens is 183 g/mol. The first kappa shape index (κ1) is 10.7. The summed E-state index contributed by atoms with van der Waals surface area (Å²) >= 11 is 0. The van der Waals surface area contributed by atoms with Gasteiger partial charge >= 0.3 is 5.97 Å². The zero-order valence-corrected chi connectivity index (χ0v) is 8.29. The monoisotopic (exact) mass is 196 g/mol. The van der Waals surface area contributed by atoms with Crippen LogP contribution in [-0.4, -0.2) is 13.1 Å². The molecule has 1 unspecified atom stereocenters. The van der Waals surface area contributed by atoms with Gasteiger partial charge in [-0.3, -0.25) is 0 Å². The van der Waals surface area contributed by atoms with Crippen molar-refractivity contribution in [1.82, 2.24) is 0 Å². The van der Waals surface area contributed by atoms with Crippen LogP contribution in [0.15, 0.2) is 24.3 Å². The van der Waals surface area contributed by atoms with Gasteiger partial charge in [-0.25, -0.2) is 9.18 Å². The van der Waals surface area contributed by atoms with Crippen LogP contribution in [0.5, 0.6) is 0 Å². The van der Waals surface area contributed by atoms with Gasteiger partial charge in [-0.2, -0.15) is 0 Å². The van der Waals surface area contributed by atoms with Gasteiger partial charge in [0.05, 0.1) is 12.7 Å². The van der Waals surface area contributed by atoms with Crippen molar-refractivity contribution in [3.63, 3.8) is 0 Å². The van der Waals surface area contributed by atoms with Crippen molar-refractivity contribution in [3.8, 4) is 0 Å². The Labute approximate surface area is 82.7 Å². The molecule has 0 saturated heterocycles. The van der Waals surface area contributed by atoms with Gasteiger partial charge in [-0.1, -0.05) is 19.1 Å². The maximum atomic E-state index is 13.2. The van der Waals surface area contributed by atoms with E-state index >= 15 is 0 Å². The number of rotatable bonds is 3. The molecule has 1 rings (SSSR count). The number of esters is 1. The SMILES string of the molecule is CCC(F)c1ccc(C(=O)OC)cc1. The molecule has 76 valence electrons. The molecule has 0 saturated carbocycles. The van der Waals surface area contributed by atoms with Gasteiger partial charge in [0.25, 0.3) is 0 Å². The highest BCUT2D eigenvalue weighted by molar-refractivity contribution is 5.89. The summed E-state index contributed by atoms with van der Waals surface area (Å²) in [7, 11) is 1.32. The fourth-order valence-corrected chi connectivity index (χ4v) is 1.18. The lowest BCUT2D eigenvalue weighted by Crippen LogP contribution is -2.01. The molecule has 1 aromatic rings. The second-order valence-electron chi connectivity index (χ2n) is 2.99. The molecule has 0 fully saturated rings. The van der Waals surface area contributed by atoms with Crippen LogP contribution in [0.4, 0.5) is 4.39 Å². The fraction of sp³-hybridized carbons (Fsp3) is 0.364. The quantitative estimate of drug-likeness (QED) is 0.695. The number of hydrogen-bond acceptors (Lipinski definition) is 2. The van der Waals surface area contributed by atoms with Crippen molar-refractivity contribution in [2.24, 2.45) is 0 Å². The first-order valence-corrected chi connectivity index (χ1v) is 4.51. The van der Waals surface area contributed by atoms with Crippen LogP contribution in [0.1, 0.15) is 35.4 Å². The number of hydrogen-bond donors (Lipinski definition) is 0. The number of halogens is 1. The molecule has 0 radical (unpaired) electrons. The van der Waals surface area contributed by atoms with Crippen molar-refractivity contribution in [3.05, 3.63) is 35.4 Å². The van der Waals surface area contributed by atoms with Gasteiger partial charge in [0.1, 0.15) is 6.17 Å². The van der Waals surface area contributed by atoms with Crippen LogP contribution in [-0.2, 0) is 4.74 Å². The molecule has 0 aromatic heterocycles. The Morgan fingerprint density at radius 2 is 2.00 bits per heavy atom. The molecule has 14 heavy (non-hydrogen) atoms. The maximum Gasteiger partial charge on any atom is 0.337 e. The Kier molecular flexibility index (Phi) is 3.63. The number of carbonyl (C=O) groups excluding carboxylic acids is 1. The van der Waals surface area contributed by atoms with E-state index in [9.17, 15) is 9.18 Å². The van der Waals surface area contributed by atoms with Crippen molar-refractivity contribution in [2.45, 2.75) is 19.5 Å². The van der Waals surface area contributed by atoms with Gasteiger partial charge in [0, 0.05) is 0 Å². The van der Waals surface area contributed by atoms with Crippen molar-refractivity contribution < 1.29 is 13.9 Å². The van der Waals surface area contributed by atoms with E-state index in [0.29, 0.717) is 17.5 Å². The minimum atomic E-state index is -0.957. The molecular formula is C11H13FO2. The third-order valence-corrected chi connectivity index (χ3v) is 2.05. The molecule has 0 aliphatic carbocycles. The average Bonchev–Trinajstić information content (AvgIpc) is 2.27. The topological polar surface area (TPSA) is 26.3 Å². The first-order chi connectivity index (χ1) is 6.69. The third kappa shape index (κ3) is 2.31. The van der Waals surface area contributed by atoms with E-state index < -0.39 is 12.1 Å². The molecule has 1 atom stereocenters. The number of alkyl halides is 1. The van der Waals surface area contributed by atoms with Gasteiger partial charge in [0.15, 0.2) is 0 Å². The Bertz CT molecular complexity index is 306. The summed E-state index contributed by atoms with van der Waals surface area (Å²) in [6, 6.07) is 6.37. The lowest BCUT2D eigenvalue weighted by molar-refractivity contribution is 0.0600. The average molecular weight is 196 g/mol. The number of ether oxygens (including phenoxy) is 1. The number of benzene rings is 1. The van der Waals surface area contributed by atoms with Crippen LogP contribution < -0.4 is 0 Å². The van der Waals surface area contributed by atoms with E-state index in [1.807, 2.05) is 0 Å². The predicted molar refractivity (Wildman–Crippen MR) is 51.9 cm³/mol.